The average Bonchev–Trinajstić information content (AvgIpc) is 3.25. The zero-order chi connectivity index (χ0) is 24.5. The molecule has 3 aromatic carbocycles. The number of ketones is 1. The van der Waals surface area contributed by atoms with Crippen LogP contribution in [0.5, 0.6) is 0 Å². The maximum atomic E-state index is 13.4. The summed E-state index contributed by atoms with van der Waals surface area (Å²) in [5, 5.41) is 8.07. The van der Waals surface area contributed by atoms with Gasteiger partial charge in [-0.15, -0.1) is 0 Å². The lowest BCUT2D eigenvalue weighted by atomic mass is 10.0. The highest BCUT2D eigenvalue weighted by atomic mass is 19.1. The second-order valence-corrected chi connectivity index (χ2v) is 8.20. The summed E-state index contributed by atoms with van der Waals surface area (Å²) in [4.78, 5) is 29.9. The minimum atomic E-state index is -0.320. The number of benzene rings is 3. The summed E-state index contributed by atoms with van der Waals surface area (Å²) in [6, 6.07) is 22.1. The Morgan fingerprint density at radius 2 is 1.71 bits per heavy atom. The number of fused-ring (bicyclic) bond motifs is 1. The predicted molar refractivity (Wildman–Crippen MR) is 133 cm³/mol. The fourth-order valence-electron chi connectivity index (χ4n) is 4.02. The van der Waals surface area contributed by atoms with Crippen molar-refractivity contribution in [3.63, 3.8) is 0 Å². The van der Waals surface area contributed by atoms with Crippen molar-refractivity contribution in [3.8, 4) is 16.9 Å². The standard InChI is InChI=1S/C28H21FN4O2/c1-17-25(16-30-33(17)22-12-10-20(29)11-13-22)27-15-24(23-8-3-4-9-26(23)32-27)28(35)31-21-7-5-6-19(14-21)18(2)34/h3-16H,1-2H3,(H,31,35). The number of hydrogen-bond donors (Lipinski definition) is 1. The molecule has 0 unspecified atom stereocenters. The number of para-hydroxylation sites is 1. The van der Waals surface area contributed by atoms with Crippen LogP contribution >= 0.6 is 0 Å². The molecule has 7 heteroatoms. The van der Waals surface area contributed by atoms with Crippen LogP contribution in [0.2, 0.25) is 0 Å². The molecule has 5 aromatic rings. The van der Waals surface area contributed by atoms with Crippen LogP contribution in [0.3, 0.4) is 0 Å². The number of hydrogen-bond acceptors (Lipinski definition) is 4. The van der Waals surface area contributed by atoms with E-state index in [4.69, 9.17) is 4.98 Å². The highest BCUT2D eigenvalue weighted by molar-refractivity contribution is 6.13. The lowest BCUT2D eigenvalue weighted by molar-refractivity contribution is 0.101. The van der Waals surface area contributed by atoms with E-state index in [1.165, 1.54) is 19.1 Å². The molecule has 0 aliphatic carbocycles. The molecule has 0 fully saturated rings. The van der Waals surface area contributed by atoms with Gasteiger partial charge in [0.15, 0.2) is 5.78 Å². The van der Waals surface area contributed by atoms with Gasteiger partial charge in [-0.3, -0.25) is 9.59 Å². The van der Waals surface area contributed by atoms with E-state index in [-0.39, 0.29) is 17.5 Å². The molecule has 1 N–H and O–H groups in total. The largest absolute Gasteiger partial charge is 0.322 e. The number of rotatable bonds is 5. The third-order valence-corrected chi connectivity index (χ3v) is 5.84. The number of halogens is 1. The lowest BCUT2D eigenvalue weighted by Crippen LogP contribution is -2.13. The number of carbonyl (C=O) groups is 2. The normalized spacial score (nSPS) is 10.9. The molecular weight excluding hydrogens is 443 g/mol. The van der Waals surface area contributed by atoms with Gasteiger partial charge < -0.3 is 5.32 Å². The van der Waals surface area contributed by atoms with Crippen molar-refractivity contribution >= 4 is 28.3 Å². The van der Waals surface area contributed by atoms with Crippen molar-refractivity contribution in [1.29, 1.82) is 0 Å². The monoisotopic (exact) mass is 464 g/mol. The molecule has 172 valence electrons. The first-order valence-electron chi connectivity index (χ1n) is 11.0. The average molecular weight is 465 g/mol. The second-order valence-electron chi connectivity index (χ2n) is 8.20. The number of aromatic nitrogens is 3. The smallest absolute Gasteiger partial charge is 0.256 e. The molecule has 6 nitrogen and oxygen atoms in total. The first-order valence-corrected chi connectivity index (χ1v) is 11.0. The van der Waals surface area contributed by atoms with E-state index >= 15 is 0 Å². The molecule has 35 heavy (non-hydrogen) atoms. The van der Waals surface area contributed by atoms with Crippen molar-refractivity contribution in [1.82, 2.24) is 14.8 Å². The molecule has 0 atom stereocenters. The fraction of sp³-hybridized carbons (Fsp3) is 0.0714. The van der Waals surface area contributed by atoms with Crippen LogP contribution in [0.4, 0.5) is 10.1 Å². The summed E-state index contributed by atoms with van der Waals surface area (Å²) in [5.74, 6) is -0.708. The van der Waals surface area contributed by atoms with E-state index in [1.807, 2.05) is 31.2 Å². The number of pyridine rings is 1. The Labute approximate surface area is 201 Å². The number of amides is 1. The molecule has 0 radical (unpaired) electrons. The zero-order valence-corrected chi connectivity index (χ0v) is 19.1. The van der Waals surface area contributed by atoms with Crippen LogP contribution in [0.25, 0.3) is 27.8 Å². The molecule has 1 amide bonds. The topological polar surface area (TPSA) is 76.9 Å². The molecule has 2 aromatic heterocycles. The minimum absolute atomic E-state index is 0.0774. The Morgan fingerprint density at radius 1 is 0.943 bits per heavy atom. The van der Waals surface area contributed by atoms with Crippen LogP contribution in [0.1, 0.15) is 33.3 Å². The van der Waals surface area contributed by atoms with Gasteiger partial charge in [0.2, 0.25) is 0 Å². The number of carbonyl (C=O) groups excluding carboxylic acids is 2. The van der Waals surface area contributed by atoms with Gasteiger partial charge in [0, 0.05) is 22.2 Å². The molecule has 0 spiro atoms. The van der Waals surface area contributed by atoms with Crippen molar-refractivity contribution in [2.75, 3.05) is 5.32 Å². The van der Waals surface area contributed by atoms with E-state index in [9.17, 15) is 14.0 Å². The van der Waals surface area contributed by atoms with Gasteiger partial charge in [-0.2, -0.15) is 5.10 Å². The highest BCUT2D eigenvalue weighted by Crippen LogP contribution is 2.29. The molecule has 0 saturated heterocycles. The van der Waals surface area contributed by atoms with Gasteiger partial charge in [-0.05, 0) is 62.4 Å². The molecule has 0 aliphatic heterocycles. The van der Waals surface area contributed by atoms with Crippen LogP contribution in [-0.4, -0.2) is 26.5 Å². The number of nitrogens with zero attached hydrogens (tertiary/aromatic N) is 3. The third-order valence-electron chi connectivity index (χ3n) is 5.84. The maximum Gasteiger partial charge on any atom is 0.256 e. The molecule has 0 aliphatic rings. The van der Waals surface area contributed by atoms with E-state index < -0.39 is 0 Å². The van der Waals surface area contributed by atoms with Crippen molar-refractivity contribution < 1.29 is 14.0 Å². The molecule has 0 saturated carbocycles. The summed E-state index contributed by atoms with van der Waals surface area (Å²) in [5.41, 5.74) is 5.05. The lowest BCUT2D eigenvalue weighted by Gasteiger charge is -2.11. The Kier molecular flexibility index (Phi) is 5.66. The number of Topliss-reactive ketones (excluding diaryl/α,β-unsaturated/α-hetero) is 1. The van der Waals surface area contributed by atoms with E-state index in [2.05, 4.69) is 10.4 Å². The fourth-order valence-corrected chi connectivity index (χ4v) is 4.02. The van der Waals surface area contributed by atoms with E-state index in [1.54, 1.807) is 53.3 Å². The van der Waals surface area contributed by atoms with E-state index in [0.29, 0.717) is 33.4 Å². The van der Waals surface area contributed by atoms with Crippen molar-refractivity contribution in [2.24, 2.45) is 0 Å². The summed E-state index contributed by atoms with van der Waals surface area (Å²) in [6.45, 7) is 3.38. The van der Waals surface area contributed by atoms with Gasteiger partial charge in [0.05, 0.1) is 34.4 Å². The summed E-state index contributed by atoms with van der Waals surface area (Å²) < 4.78 is 15.1. The van der Waals surface area contributed by atoms with Crippen LogP contribution in [-0.2, 0) is 0 Å². The van der Waals surface area contributed by atoms with Crippen LogP contribution in [0.15, 0.2) is 85.1 Å². The van der Waals surface area contributed by atoms with Gasteiger partial charge >= 0.3 is 0 Å². The van der Waals surface area contributed by atoms with Gasteiger partial charge in [0.1, 0.15) is 5.82 Å². The molecular formula is C28H21FN4O2. The summed E-state index contributed by atoms with van der Waals surface area (Å²) >= 11 is 0. The zero-order valence-electron chi connectivity index (χ0n) is 19.1. The molecule has 5 rings (SSSR count). The highest BCUT2D eigenvalue weighted by Gasteiger charge is 2.18. The second kappa shape index (κ2) is 8.95. The Morgan fingerprint density at radius 3 is 2.49 bits per heavy atom. The molecule has 0 bridgehead atoms. The molecule has 2 heterocycles. The summed E-state index contributed by atoms with van der Waals surface area (Å²) in [7, 11) is 0. The first-order chi connectivity index (χ1) is 16.9. The Bertz CT molecular complexity index is 1590. The van der Waals surface area contributed by atoms with Gasteiger partial charge in [-0.25, -0.2) is 14.1 Å². The first kappa shape index (κ1) is 22.2. The number of nitrogens with one attached hydrogen (secondary N) is 1. The number of anilines is 1. The third kappa shape index (κ3) is 4.31. The van der Waals surface area contributed by atoms with Gasteiger partial charge in [-0.1, -0.05) is 30.3 Å². The van der Waals surface area contributed by atoms with Crippen LogP contribution in [0, 0.1) is 12.7 Å². The SMILES string of the molecule is CC(=O)c1cccc(NC(=O)c2cc(-c3cnn(-c4ccc(F)cc4)c3C)nc3ccccc23)c1. The summed E-state index contributed by atoms with van der Waals surface area (Å²) in [6.07, 6.45) is 1.69. The Hall–Kier alpha value is -4.65. The van der Waals surface area contributed by atoms with Gasteiger partial charge in [0.25, 0.3) is 5.91 Å². The predicted octanol–water partition coefficient (Wildman–Crippen LogP) is 5.99. The van der Waals surface area contributed by atoms with E-state index in [0.717, 1.165) is 16.9 Å². The minimum Gasteiger partial charge on any atom is -0.322 e. The maximum absolute atomic E-state index is 13.4. The van der Waals surface area contributed by atoms with Crippen molar-refractivity contribution in [3.05, 3.63) is 108 Å². The van der Waals surface area contributed by atoms with Crippen LogP contribution < -0.4 is 5.32 Å². The quantitative estimate of drug-likeness (QED) is 0.324. The van der Waals surface area contributed by atoms with Crippen molar-refractivity contribution in [2.45, 2.75) is 13.8 Å². The Balaban J connectivity index is 1.57.